The highest BCUT2D eigenvalue weighted by Crippen LogP contribution is 2.39. The average molecular weight is 184 g/mol. The molecular weight excluding hydrogens is 164 g/mol. The van der Waals surface area contributed by atoms with Crippen molar-refractivity contribution in [1.82, 2.24) is 5.32 Å². The molecule has 76 valence electrons. The van der Waals surface area contributed by atoms with Crippen molar-refractivity contribution in [3.63, 3.8) is 0 Å². The average Bonchev–Trinajstić information content (AvgIpc) is 2.06. The topological polar surface area (TPSA) is 58.3 Å². The van der Waals surface area contributed by atoms with E-state index in [0.29, 0.717) is 0 Å². The van der Waals surface area contributed by atoms with Crippen LogP contribution in [0, 0.1) is 5.92 Å². The summed E-state index contributed by atoms with van der Waals surface area (Å²) in [5.74, 6) is 0.761. The maximum Gasteiger partial charge on any atom is 0.0851 e. The molecule has 1 saturated heterocycles. The van der Waals surface area contributed by atoms with Crippen molar-refractivity contribution in [2.45, 2.75) is 43.7 Å². The molecule has 1 heterocycles. The number of rotatable bonds is 1. The fourth-order valence-corrected chi connectivity index (χ4v) is 2.46. The lowest BCUT2D eigenvalue weighted by atomic mass is 9.66. The Balaban J connectivity index is 2.03. The van der Waals surface area contributed by atoms with Gasteiger partial charge in [-0.05, 0) is 31.6 Å². The Labute approximate surface area is 79.7 Å². The molecule has 3 nitrogen and oxygen atoms in total. The second-order valence-corrected chi connectivity index (χ2v) is 4.97. The number of hydrogen-bond acceptors (Lipinski definition) is 3. The van der Waals surface area contributed by atoms with Crippen LogP contribution in [0.4, 0.5) is 0 Å². The van der Waals surface area contributed by atoms with Crippen LogP contribution in [0.15, 0.2) is 0 Å². The van der Waals surface area contributed by atoms with E-state index < -0.39 is 5.60 Å². The van der Waals surface area contributed by atoms with Gasteiger partial charge in [-0.3, -0.25) is 0 Å². The molecule has 0 aromatic rings. The smallest absolute Gasteiger partial charge is 0.0851 e. The summed E-state index contributed by atoms with van der Waals surface area (Å²) in [7, 11) is 0. The van der Waals surface area contributed by atoms with Gasteiger partial charge in [0.15, 0.2) is 0 Å². The van der Waals surface area contributed by atoms with Gasteiger partial charge >= 0.3 is 0 Å². The number of aliphatic hydroxyl groups is 1. The molecule has 0 bridgehead atoms. The van der Waals surface area contributed by atoms with Crippen molar-refractivity contribution in [2.75, 3.05) is 13.1 Å². The Kier molecular flexibility index (Phi) is 2.13. The van der Waals surface area contributed by atoms with Gasteiger partial charge in [0.25, 0.3) is 0 Å². The van der Waals surface area contributed by atoms with E-state index in [-0.39, 0.29) is 5.54 Å². The SMILES string of the molecule is CC1CCC(O)(C2(N)CNC2)CC1. The quantitative estimate of drug-likeness (QED) is 0.546. The second kappa shape index (κ2) is 2.94. The minimum absolute atomic E-state index is 0.340. The van der Waals surface area contributed by atoms with Crippen molar-refractivity contribution >= 4 is 0 Å². The highest BCUT2D eigenvalue weighted by molar-refractivity contribution is 5.12. The molecule has 2 rings (SSSR count). The first-order chi connectivity index (χ1) is 6.06. The van der Waals surface area contributed by atoms with Crippen LogP contribution in [0.2, 0.25) is 0 Å². The van der Waals surface area contributed by atoms with Gasteiger partial charge in [0.2, 0.25) is 0 Å². The minimum atomic E-state index is -0.592. The summed E-state index contributed by atoms with van der Waals surface area (Å²) < 4.78 is 0. The van der Waals surface area contributed by atoms with Crippen LogP contribution >= 0.6 is 0 Å². The van der Waals surface area contributed by atoms with E-state index in [1.165, 1.54) is 0 Å². The lowest BCUT2D eigenvalue weighted by molar-refractivity contribution is -0.0902. The molecule has 1 aliphatic heterocycles. The molecule has 1 aliphatic carbocycles. The molecule has 2 fully saturated rings. The molecule has 1 saturated carbocycles. The summed E-state index contributed by atoms with van der Waals surface area (Å²) >= 11 is 0. The Hall–Kier alpha value is -0.120. The predicted octanol–water partition coefficient (Wildman–Crippen LogP) is 0.228. The number of hydrogen-bond donors (Lipinski definition) is 3. The van der Waals surface area contributed by atoms with Crippen LogP contribution in [0.25, 0.3) is 0 Å². The summed E-state index contributed by atoms with van der Waals surface area (Å²) in [5, 5.41) is 13.6. The van der Waals surface area contributed by atoms with Gasteiger partial charge in [-0.1, -0.05) is 6.92 Å². The lowest BCUT2D eigenvalue weighted by Gasteiger charge is -2.53. The number of nitrogens with one attached hydrogen (secondary N) is 1. The van der Waals surface area contributed by atoms with Crippen LogP contribution in [-0.4, -0.2) is 29.3 Å². The van der Waals surface area contributed by atoms with Gasteiger partial charge in [0.1, 0.15) is 0 Å². The summed E-state index contributed by atoms with van der Waals surface area (Å²) in [6.07, 6.45) is 4.00. The molecule has 0 unspecified atom stereocenters. The fraction of sp³-hybridized carbons (Fsp3) is 1.00. The standard InChI is InChI=1S/C10H20N2O/c1-8-2-4-10(13,5-3-8)9(11)6-12-7-9/h8,12-13H,2-7,11H2,1H3. The van der Waals surface area contributed by atoms with E-state index in [2.05, 4.69) is 12.2 Å². The highest BCUT2D eigenvalue weighted by atomic mass is 16.3. The Bertz CT molecular complexity index is 193. The van der Waals surface area contributed by atoms with Gasteiger partial charge in [-0.2, -0.15) is 0 Å². The van der Waals surface area contributed by atoms with E-state index in [1.807, 2.05) is 0 Å². The Morgan fingerprint density at radius 2 is 1.85 bits per heavy atom. The van der Waals surface area contributed by atoms with Crippen molar-refractivity contribution < 1.29 is 5.11 Å². The van der Waals surface area contributed by atoms with Crippen molar-refractivity contribution in [1.29, 1.82) is 0 Å². The monoisotopic (exact) mass is 184 g/mol. The summed E-state index contributed by atoms with van der Waals surface area (Å²) in [6.45, 7) is 3.80. The van der Waals surface area contributed by atoms with E-state index in [0.717, 1.165) is 44.7 Å². The van der Waals surface area contributed by atoms with Gasteiger partial charge in [-0.25, -0.2) is 0 Å². The molecule has 2 aliphatic rings. The Morgan fingerprint density at radius 3 is 2.23 bits per heavy atom. The highest BCUT2D eigenvalue weighted by Gasteiger charge is 2.52. The van der Waals surface area contributed by atoms with Gasteiger partial charge in [0.05, 0.1) is 11.1 Å². The molecule has 0 amide bonds. The van der Waals surface area contributed by atoms with E-state index in [1.54, 1.807) is 0 Å². The van der Waals surface area contributed by atoms with E-state index in [9.17, 15) is 5.11 Å². The summed E-state index contributed by atoms with van der Waals surface area (Å²) in [5.41, 5.74) is 5.21. The summed E-state index contributed by atoms with van der Waals surface area (Å²) in [4.78, 5) is 0. The van der Waals surface area contributed by atoms with Crippen LogP contribution in [0.1, 0.15) is 32.6 Å². The number of nitrogens with two attached hydrogens (primary N) is 1. The zero-order chi connectivity index (χ0) is 9.53. The molecule has 0 spiro atoms. The fourth-order valence-electron chi connectivity index (χ4n) is 2.46. The van der Waals surface area contributed by atoms with Crippen LogP contribution in [0.5, 0.6) is 0 Å². The molecule has 0 aromatic carbocycles. The first-order valence-corrected chi connectivity index (χ1v) is 5.28. The molecular formula is C10H20N2O. The second-order valence-electron chi connectivity index (χ2n) is 4.97. The zero-order valence-corrected chi connectivity index (χ0v) is 8.34. The first kappa shape index (κ1) is 9.44. The minimum Gasteiger partial charge on any atom is -0.388 e. The Morgan fingerprint density at radius 1 is 1.31 bits per heavy atom. The molecule has 0 aromatic heterocycles. The van der Waals surface area contributed by atoms with Gasteiger partial charge in [-0.15, -0.1) is 0 Å². The lowest BCUT2D eigenvalue weighted by Crippen LogP contribution is -2.77. The molecule has 0 radical (unpaired) electrons. The van der Waals surface area contributed by atoms with Gasteiger partial charge in [0, 0.05) is 13.1 Å². The predicted molar refractivity (Wildman–Crippen MR) is 52.4 cm³/mol. The van der Waals surface area contributed by atoms with Crippen molar-refractivity contribution in [2.24, 2.45) is 11.7 Å². The molecule has 3 heteroatoms. The van der Waals surface area contributed by atoms with Crippen molar-refractivity contribution in [3.8, 4) is 0 Å². The third-order valence-corrected chi connectivity index (χ3v) is 3.91. The third-order valence-electron chi connectivity index (χ3n) is 3.91. The molecule has 4 N–H and O–H groups in total. The zero-order valence-electron chi connectivity index (χ0n) is 8.34. The van der Waals surface area contributed by atoms with Crippen LogP contribution < -0.4 is 11.1 Å². The first-order valence-electron chi connectivity index (χ1n) is 5.28. The van der Waals surface area contributed by atoms with E-state index in [4.69, 9.17) is 5.73 Å². The maximum atomic E-state index is 10.4. The normalized spacial score (nSPS) is 44.1. The van der Waals surface area contributed by atoms with Gasteiger partial charge < -0.3 is 16.2 Å². The largest absolute Gasteiger partial charge is 0.388 e. The van der Waals surface area contributed by atoms with Crippen LogP contribution in [0.3, 0.4) is 0 Å². The summed E-state index contributed by atoms with van der Waals surface area (Å²) in [6, 6.07) is 0. The third kappa shape index (κ3) is 1.39. The van der Waals surface area contributed by atoms with Crippen LogP contribution in [-0.2, 0) is 0 Å². The molecule has 13 heavy (non-hydrogen) atoms. The van der Waals surface area contributed by atoms with Crippen molar-refractivity contribution in [3.05, 3.63) is 0 Å². The maximum absolute atomic E-state index is 10.4. The molecule has 0 atom stereocenters. The van der Waals surface area contributed by atoms with E-state index >= 15 is 0 Å².